The molecule has 0 bridgehead atoms. The van der Waals surface area contributed by atoms with E-state index in [2.05, 4.69) is 0 Å². The lowest BCUT2D eigenvalue weighted by Crippen LogP contribution is -2.03. The molecule has 0 aliphatic heterocycles. The van der Waals surface area contributed by atoms with Crippen molar-refractivity contribution < 1.29 is 9.53 Å². The van der Waals surface area contributed by atoms with Gasteiger partial charge in [0.25, 0.3) is 0 Å². The highest BCUT2D eigenvalue weighted by molar-refractivity contribution is 7.47. The first-order chi connectivity index (χ1) is 6.83. The number of hydrogen-bond donors (Lipinski definition) is 0. The molecule has 0 unspecified atom stereocenters. The van der Waals surface area contributed by atoms with Crippen LogP contribution in [0.25, 0.3) is 0 Å². The minimum Gasteiger partial charge on any atom is -0.466 e. The molecule has 0 amide bonds. The van der Waals surface area contributed by atoms with Gasteiger partial charge in [0.15, 0.2) is 0 Å². The third-order valence-corrected chi connectivity index (χ3v) is 2.52. The molecule has 0 aliphatic carbocycles. The second-order valence-electron chi connectivity index (χ2n) is 2.66. The maximum atomic E-state index is 11.0. The van der Waals surface area contributed by atoms with Gasteiger partial charge in [0, 0.05) is 5.30 Å². The Morgan fingerprint density at radius 1 is 1.43 bits per heavy atom. The third-order valence-electron chi connectivity index (χ3n) is 1.56. The molecular weight excluding hydrogens is 195 g/mol. The third kappa shape index (κ3) is 4.20. The molecule has 74 valence electrons. The maximum absolute atomic E-state index is 11.0. The summed E-state index contributed by atoms with van der Waals surface area (Å²) in [6.45, 7) is 2.27. The number of benzene rings is 1. The second-order valence-corrected chi connectivity index (χ2v) is 3.80. The fourth-order valence-electron chi connectivity index (χ4n) is 0.960. The molecule has 14 heavy (non-hydrogen) atoms. The molecule has 0 spiro atoms. The molecule has 0 aromatic heterocycles. The lowest BCUT2D eigenvalue weighted by Gasteiger charge is -1.96. The zero-order chi connectivity index (χ0) is 10.2. The summed E-state index contributed by atoms with van der Waals surface area (Å²) in [6.07, 6.45) is 0.379. The monoisotopic (exact) mass is 208 g/mol. The largest absolute Gasteiger partial charge is 0.466 e. The van der Waals surface area contributed by atoms with Crippen molar-refractivity contribution in [3.63, 3.8) is 0 Å². The van der Waals surface area contributed by atoms with Crippen molar-refractivity contribution in [1.82, 2.24) is 0 Å². The van der Waals surface area contributed by atoms with Crippen LogP contribution in [0, 0.1) is 0 Å². The van der Waals surface area contributed by atoms with Crippen molar-refractivity contribution in [1.29, 1.82) is 0 Å². The normalized spacial score (nSPS) is 10.4. The van der Waals surface area contributed by atoms with Crippen molar-refractivity contribution in [2.45, 2.75) is 13.3 Å². The van der Waals surface area contributed by atoms with Gasteiger partial charge in [-0.15, -0.1) is 0 Å². The van der Waals surface area contributed by atoms with Crippen LogP contribution in [0.5, 0.6) is 0 Å². The standard InChI is InChI=1S/C11H13O2P/c1-2-13-11(12)8-9-14-10-6-4-3-5-7-10/h3-7,9H,2,8H2,1H3. The first kappa shape index (κ1) is 10.9. The van der Waals surface area contributed by atoms with E-state index in [4.69, 9.17) is 4.74 Å². The molecule has 0 N–H and O–H groups in total. The Kier molecular flexibility index (Phi) is 4.95. The summed E-state index contributed by atoms with van der Waals surface area (Å²) < 4.78 is 4.81. The molecule has 0 aliphatic rings. The molecule has 2 nitrogen and oxygen atoms in total. The van der Waals surface area contributed by atoms with Gasteiger partial charge in [-0.2, -0.15) is 0 Å². The van der Waals surface area contributed by atoms with Gasteiger partial charge in [0.2, 0.25) is 0 Å². The Morgan fingerprint density at radius 2 is 2.14 bits per heavy atom. The predicted molar refractivity (Wildman–Crippen MR) is 60.3 cm³/mol. The Morgan fingerprint density at radius 3 is 2.79 bits per heavy atom. The topological polar surface area (TPSA) is 26.3 Å². The Hall–Kier alpha value is -1.14. The van der Waals surface area contributed by atoms with Crippen LogP contribution in [-0.4, -0.2) is 18.4 Å². The van der Waals surface area contributed by atoms with Crippen molar-refractivity contribution >= 4 is 25.3 Å². The zero-order valence-electron chi connectivity index (χ0n) is 8.14. The minimum atomic E-state index is -0.157. The molecule has 0 saturated carbocycles. The van der Waals surface area contributed by atoms with E-state index in [1.807, 2.05) is 43.1 Å². The predicted octanol–water partition coefficient (Wildman–Crippen LogP) is 2.01. The molecule has 3 heteroatoms. The SMILES string of the molecule is CCOC(=O)CC=Pc1ccccc1. The van der Waals surface area contributed by atoms with Gasteiger partial charge in [-0.3, -0.25) is 4.79 Å². The van der Waals surface area contributed by atoms with E-state index in [-0.39, 0.29) is 5.97 Å². The van der Waals surface area contributed by atoms with Crippen LogP contribution in [0.2, 0.25) is 0 Å². The van der Waals surface area contributed by atoms with E-state index >= 15 is 0 Å². The Balaban J connectivity index is 2.38. The quantitative estimate of drug-likeness (QED) is 0.559. The molecule has 1 aromatic rings. The minimum absolute atomic E-state index is 0.157. The molecule has 0 heterocycles. The average molecular weight is 208 g/mol. The van der Waals surface area contributed by atoms with Crippen LogP contribution in [0.4, 0.5) is 0 Å². The van der Waals surface area contributed by atoms with Crippen molar-refractivity contribution in [3.05, 3.63) is 30.3 Å². The Labute approximate surface area is 85.7 Å². The number of hydrogen-bond acceptors (Lipinski definition) is 2. The molecule has 1 rings (SSSR count). The number of ether oxygens (including phenoxy) is 1. The fraction of sp³-hybridized carbons (Fsp3) is 0.273. The number of esters is 1. The smallest absolute Gasteiger partial charge is 0.309 e. The van der Waals surface area contributed by atoms with E-state index in [0.717, 1.165) is 8.20 Å². The van der Waals surface area contributed by atoms with Gasteiger partial charge in [-0.25, -0.2) is 0 Å². The summed E-state index contributed by atoms with van der Waals surface area (Å²) in [5.74, 6) is 1.75. The van der Waals surface area contributed by atoms with E-state index < -0.39 is 0 Å². The molecule has 0 saturated heterocycles. The van der Waals surface area contributed by atoms with E-state index in [9.17, 15) is 4.79 Å². The van der Waals surface area contributed by atoms with Gasteiger partial charge in [-0.05, 0) is 12.7 Å². The van der Waals surface area contributed by atoms with E-state index in [0.29, 0.717) is 13.0 Å². The summed E-state index contributed by atoms with van der Waals surface area (Å²) >= 11 is 0. The molecule has 0 atom stereocenters. The molecular formula is C11H13O2P. The molecule has 1 aromatic carbocycles. The van der Waals surface area contributed by atoms with Crippen LogP contribution in [-0.2, 0) is 9.53 Å². The summed E-state index contributed by atoms with van der Waals surface area (Å²) in [5, 5.41) is 1.19. The Bertz CT molecular complexity index is 306. The van der Waals surface area contributed by atoms with Crippen LogP contribution in [0.3, 0.4) is 0 Å². The summed E-state index contributed by atoms with van der Waals surface area (Å²) in [6, 6.07) is 10.0. The van der Waals surface area contributed by atoms with Crippen molar-refractivity contribution in [3.8, 4) is 0 Å². The van der Waals surface area contributed by atoms with Gasteiger partial charge in [0.05, 0.1) is 13.0 Å². The van der Waals surface area contributed by atoms with Gasteiger partial charge in [0.1, 0.15) is 0 Å². The van der Waals surface area contributed by atoms with Crippen LogP contribution in [0.1, 0.15) is 13.3 Å². The van der Waals surface area contributed by atoms with Crippen LogP contribution in [0.15, 0.2) is 30.3 Å². The lowest BCUT2D eigenvalue weighted by molar-refractivity contribution is -0.141. The highest BCUT2D eigenvalue weighted by Crippen LogP contribution is 1.97. The summed E-state index contributed by atoms with van der Waals surface area (Å²) in [7, 11) is 1.06. The van der Waals surface area contributed by atoms with Gasteiger partial charge in [-0.1, -0.05) is 38.5 Å². The second kappa shape index (κ2) is 6.33. The summed E-state index contributed by atoms with van der Waals surface area (Å²) in [5.41, 5.74) is 0. The first-order valence-corrected chi connectivity index (χ1v) is 5.52. The maximum Gasteiger partial charge on any atom is 0.309 e. The fourth-order valence-corrected chi connectivity index (χ4v) is 1.76. The number of carbonyl (C=O) groups excluding carboxylic acids is 1. The first-order valence-electron chi connectivity index (χ1n) is 4.56. The van der Waals surface area contributed by atoms with Crippen LogP contribution < -0.4 is 5.30 Å². The number of rotatable bonds is 4. The van der Waals surface area contributed by atoms with Gasteiger partial charge < -0.3 is 4.74 Å². The van der Waals surface area contributed by atoms with Crippen molar-refractivity contribution in [2.75, 3.05) is 6.61 Å². The van der Waals surface area contributed by atoms with Crippen LogP contribution >= 0.6 is 8.20 Å². The highest BCUT2D eigenvalue weighted by Gasteiger charge is 1.95. The summed E-state index contributed by atoms with van der Waals surface area (Å²) in [4.78, 5) is 11.0. The number of carbonyl (C=O) groups is 1. The lowest BCUT2D eigenvalue weighted by atomic mass is 10.4. The van der Waals surface area contributed by atoms with E-state index in [1.54, 1.807) is 0 Å². The average Bonchev–Trinajstić information content (AvgIpc) is 2.20. The van der Waals surface area contributed by atoms with E-state index in [1.165, 1.54) is 5.30 Å². The van der Waals surface area contributed by atoms with Gasteiger partial charge >= 0.3 is 5.97 Å². The molecule has 0 fully saturated rings. The molecule has 0 radical (unpaired) electrons. The van der Waals surface area contributed by atoms with Crippen molar-refractivity contribution in [2.24, 2.45) is 0 Å². The highest BCUT2D eigenvalue weighted by atomic mass is 31.1. The zero-order valence-corrected chi connectivity index (χ0v) is 9.04.